The van der Waals surface area contributed by atoms with E-state index in [-0.39, 0.29) is 0 Å². The molecule has 2 rings (SSSR count). The summed E-state index contributed by atoms with van der Waals surface area (Å²) in [6.45, 7) is 0. The number of rotatable bonds is 1. The lowest BCUT2D eigenvalue weighted by Crippen LogP contribution is -1.82. The molecule has 1 aromatic heterocycles. The van der Waals surface area contributed by atoms with Gasteiger partial charge in [-0.05, 0) is 17.7 Å². The summed E-state index contributed by atoms with van der Waals surface area (Å²) >= 11 is 7.77. The van der Waals surface area contributed by atoms with Gasteiger partial charge in [-0.15, -0.1) is 0 Å². The fraction of sp³-hybridized carbons (Fsp3) is 0.200. The molecular formula is C10H10BrNS. The molecule has 0 saturated heterocycles. The van der Waals surface area contributed by atoms with Crippen molar-refractivity contribution in [2.24, 2.45) is 7.05 Å². The molecule has 13 heavy (non-hydrogen) atoms. The van der Waals surface area contributed by atoms with Gasteiger partial charge in [0.15, 0.2) is 0 Å². The lowest BCUT2D eigenvalue weighted by molar-refractivity contribution is 0.963. The van der Waals surface area contributed by atoms with Crippen molar-refractivity contribution in [3.8, 4) is 0 Å². The first-order valence-electron chi connectivity index (χ1n) is 4.06. The number of nitrogens with zero attached hydrogens (tertiary/aromatic N) is 1. The Hall–Kier alpha value is -0.410. The monoisotopic (exact) mass is 255 g/mol. The molecule has 0 unspecified atom stereocenters. The Morgan fingerprint density at radius 1 is 1.46 bits per heavy atom. The molecule has 0 fully saturated rings. The molecule has 1 aromatic carbocycles. The van der Waals surface area contributed by atoms with Gasteiger partial charge in [0.1, 0.15) is 0 Å². The van der Waals surface area contributed by atoms with E-state index in [1.807, 2.05) is 0 Å². The fourth-order valence-electron chi connectivity index (χ4n) is 1.57. The van der Waals surface area contributed by atoms with Crippen LogP contribution in [0.5, 0.6) is 0 Å². The van der Waals surface area contributed by atoms with E-state index in [1.54, 1.807) is 0 Å². The van der Waals surface area contributed by atoms with Crippen LogP contribution in [0.3, 0.4) is 0 Å². The Labute approximate surface area is 91.3 Å². The molecule has 1 nitrogen and oxygen atoms in total. The Balaban J connectivity index is 2.80. The Bertz CT molecular complexity index is 447. The zero-order valence-electron chi connectivity index (χ0n) is 7.29. The van der Waals surface area contributed by atoms with Crippen molar-refractivity contribution < 1.29 is 0 Å². The number of thiol groups is 1. The SMILES string of the molecule is Cn1cc(CS)c2ccc(Br)cc21. The third kappa shape index (κ3) is 1.51. The summed E-state index contributed by atoms with van der Waals surface area (Å²) in [5.74, 6) is 0.791. The summed E-state index contributed by atoms with van der Waals surface area (Å²) in [5.41, 5.74) is 2.53. The summed E-state index contributed by atoms with van der Waals surface area (Å²) in [6.07, 6.45) is 2.13. The third-order valence-electron chi connectivity index (χ3n) is 2.21. The normalized spacial score (nSPS) is 11.0. The maximum Gasteiger partial charge on any atom is 0.0492 e. The molecule has 0 aliphatic carbocycles. The van der Waals surface area contributed by atoms with Gasteiger partial charge < -0.3 is 4.57 Å². The largest absolute Gasteiger partial charge is 0.350 e. The quantitative estimate of drug-likeness (QED) is 0.746. The van der Waals surface area contributed by atoms with Crippen LogP contribution >= 0.6 is 28.6 Å². The predicted molar refractivity (Wildman–Crippen MR) is 63.3 cm³/mol. The molecule has 68 valence electrons. The lowest BCUT2D eigenvalue weighted by atomic mass is 10.2. The van der Waals surface area contributed by atoms with Crippen LogP contribution in [-0.2, 0) is 12.8 Å². The molecule has 0 aliphatic heterocycles. The Kier molecular flexibility index (Phi) is 2.39. The number of benzene rings is 1. The second-order valence-corrected chi connectivity index (χ2v) is 4.32. The Morgan fingerprint density at radius 2 is 2.23 bits per heavy atom. The van der Waals surface area contributed by atoms with Gasteiger partial charge in [0, 0.05) is 34.4 Å². The zero-order valence-corrected chi connectivity index (χ0v) is 9.77. The van der Waals surface area contributed by atoms with Gasteiger partial charge in [-0.1, -0.05) is 22.0 Å². The van der Waals surface area contributed by atoms with Crippen LogP contribution in [-0.4, -0.2) is 4.57 Å². The number of hydrogen-bond donors (Lipinski definition) is 1. The summed E-state index contributed by atoms with van der Waals surface area (Å²) in [7, 11) is 2.06. The van der Waals surface area contributed by atoms with Gasteiger partial charge in [0.2, 0.25) is 0 Å². The molecule has 0 spiro atoms. The van der Waals surface area contributed by atoms with Crippen molar-refractivity contribution >= 4 is 39.5 Å². The van der Waals surface area contributed by atoms with E-state index in [1.165, 1.54) is 16.5 Å². The maximum atomic E-state index is 4.30. The van der Waals surface area contributed by atoms with Crippen molar-refractivity contribution in [3.63, 3.8) is 0 Å². The van der Waals surface area contributed by atoms with Gasteiger partial charge in [-0.25, -0.2) is 0 Å². The average Bonchev–Trinajstić information content (AvgIpc) is 2.43. The van der Waals surface area contributed by atoms with Crippen LogP contribution in [0, 0.1) is 0 Å². The second-order valence-electron chi connectivity index (χ2n) is 3.08. The van der Waals surface area contributed by atoms with E-state index < -0.39 is 0 Å². The third-order valence-corrected chi connectivity index (χ3v) is 3.04. The molecular weight excluding hydrogens is 246 g/mol. The van der Waals surface area contributed by atoms with Crippen molar-refractivity contribution in [2.45, 2.75) is 5.75 Å². The van der Waals surface area contributed by atoms with E-state index in [2.05, 4.69) is 64.6 Å². The van der Waals surface area contributed by atoms with Crippen LogP contribution in [0.25, 0.3) is 10.9 Å². The minimum atomic E-state index is 0.791. The smallest absolute Gasteiger partial charge is 0.0492 e. The summed E-state index contributed by atoms with van der Waals surface area (Å²) in [4.78, 5) is 0. The van der Waals surface area contributed by atoms with Gasteiger partial charge in [-0.2, -0.15) is 12.6 Å². The predicted octanol–water partition coefficient (Wildman–Crippen LogP) is 3.37. The van der Waals surface area contributed by atoms with Crippen LogP contribution in [0.4, 0.5) is 0 Å². The first kappa shape index (κ1) is 9.16. The van der Waals surface area contributed by atoms with Crippen LogP contribution in [0.1, 0.15) is 5.56 Å². The molecule has 0 radical (unpaired) electrons. The van der Waals surface area contributed by atoms with Crippen molar-refractivity contribution in [2.75, 3.05) is 0 Å². The number of aryl methyl sites for hydroxylation is 1. The maximum absolute atomic E-state index is 4.30. The van der Waals surface area contributed by atoms with Crippen LogP contribution in [0.2, 0.25) is 0 Å². The minimum Gasteiger partial charge on any atom is -0.350 e. The summed E-state index contributed by atoms with van der Waals surface area (Å²) in [5, 5.41) is 1.29. The van der Waals surface area contributed by atoms with Gasteiger partial charge in [0.25, 0.3) is 0 Å². The first-order valence-corrected chi connectivity index (χ1v) is 5.49. The average molecular weight is 256 g/mol. The van der Waals surface area contributed by atoms with E-state index >= 15 is 0 Å². The highest BCUT2D eigenvalue weighted by Gasteiger charge is 2.04. The van der Waals surface area contributed by atoms with Gasteiger partial charge in [-0.3, -0.25) is 0 Å². The number of hydrogen-bond acceptors (Lipinski definition) is 1. The fourth-order valence-corrected chi connectivity index (χ4v) is 2.17. The molecule has 0 aliphatic rings. The highest BCUT2D eigenvalue weighted by atomic mass is 79.9. The number of fused-ring (bicyclic) bond motifs is 1. The highest BCUT2D eigenvalue weighted by molar-refractivity contribution is 9.10. The van der Waals surface area contributed by atoms with Crippen LogP contribution < -0.4 is 0 Å². The van der Waals surface area contributed by atoms with E-state index in [4.69, 9.17) is 0 Å². The number of halogens is 1. The van der Waals surface area contributed by atoms with E-state index in [0.717, 1.165) is 10.2 Å². The number of aromatic nitrogens is 1. The second kappa shape index (κ2) is 3.39. The van der Waals surface area contributed by atoms with E-state index in [9.17, 15) is 0 Å². The lowest BCUT2D eigenvalue weighted by Gasteiger charge is -1.96. The topological polar surface area (TPSA) is 4.93 Å². The van der Waals surface area contributed by atoms with Crippen molar-refractivity contribution in [3.05, 3.63) is 34.4 Å². The summed E-state index contributed by atoms with van der Waals surface area (Å²) in [6, 6.07) is 6.32. The van der Waals surface area contributed by atoms with Crippen molar-refractivity contribution in [1.82, 2.24) is 4.57 Å². The highest BCUT2D eigenvalue weighted by Crippen LogP contribution is 2.25. The van der Waals surface area contributed by atoms with Crippen molar-refractivity contribution in [1.29, 1.82) is 0 Å². The van der Waals surface area contributed by atoms with Crippen LogP contribution in [0.15, 0.2) is 28.9 Å². The Morgan fingerprint density at radius 3 is 2.92 bits per heavy atom. The standard InChI is InChI=1S/C10H10BrNS/c1-12-5-7(6-13)9-3-2-8(11)4-10(9)12/h2-5,13H,6H2,1H3. The van der Waals surface area contributed by atoms with Gasteiger partial charge >= 0.3 is 0 Å². The molecule has 0 N–H and O–H groups in total. The zero-order chi connectivity index (χ0) is 9.42. The molecule has 0 saturated carbocycles. The minimum absolute atomic E-state index is 0.791. The van der Waals surface area contributed by atoms with Gasteiger partial charge in [0.05, 0.1) is 0 Å². The first-order chi connectivity index (χ1) is 6.22. The summed E-state index contributed by atoms with van der Waals surface area (Å²) < 4.78 is 3.25. The molecule has 0 atom stereocenters. The molecule has 2 aromatic rings. The molecule has 0 bridgehead atoms. The molecule has 3 heteroatoms. The molecule has 0 amide bonds. The van der Waals surface area contributed by atoms with E-state index in [0.29, 0.717) is 0 Å². The molecule has 1 heterocycles.